The fourth-order valence-electron chi connectivity index (χ4n) is 2.74. The third kappa shape index (κ3) is 5.01. The number of carbonyl (C=O) groups is 3. The number of hydrogen-bond acceptors (Lipinski definition) is 5. The second-order valence-corrected chi connectivity index (χ2v) is 6.36. The molecule has 0 saturated carbocycles. The summed E-state index contributed by atoms with van der Waals surface area (Å²) in [4.78, 5) is 41.8. The fourth-order valence-corrected chi connectivity index (χ4v) is 2.74. The molecule has 0 radical (unpaired) electrons. The summed E-state index contributed by atoms with van der Waals surface area (Å²) >= 11 is 0. The van der Waals surface area contributed by atoms with Gasteiger partial charge in [-0.2, -0.15) is 0 Å². The van der Waals surface area contributed by atoms with Crippen LogP contribution in [0.1, 0.15) is 33.1 Å². The van der Waals surface area contributed by atoms with Crippen LogP contribution in [0.15, 0.2) is 6.33 Å². The first-order valence-electron chi connectivity index (χ1n) is 8.64. The average Bonchev–Trinajstić information content (AvgIpc) is 3.06. The van der Waals surface area contributed by atoms with Crippen LogP contribution >= 0.6 is 0 Å². The van der Waals surface area contributed by atoms with Crippen LogP contribution in [0.5, 0.6) is 0 Å². The molecule has 3 amide bonds. The average molecular weight is 350 g/mol. The van der Waals surface area contributed by atoms with E-state index >= 15 is 0 Å². The van der Waals surface area contributed by atoms with Gasteiger partial charge < -0.3 is 10.2 Å². The van der Waals surface area contributed by atoms with Crippen molar-refractivity contribution in [1.82, 2.24) is 25.0 Å². The summed E-state index contributed by atoms with van der Waals surface area (Å²) in [6.45, 7) is 5.06. The van der Waals surface area contributed by atoms with Crippen molar-refractivity contribution < 1.29 is 14.4 Å². The van der Waals surface area contributed by atoms with Gasteiger partial charge in [-0.1, -0.05) is 13.8 Å². The lowest BCUT2D eigenvalue weighted by Crippen LogP contribution is -2.45. The predicted octanol–water partition coefficient (Wildman–Crippen LogP) is 0.247. The topological polar surface area (TPSA) is 109 Å². The van der Waals surface area contributed by atoms with Gasteiger partial charge in [0.2, 0.25) is 23.7 Å². The molecule has 9 nitrogen and oxygen atoms in total. The summed E-state index contributed by atoms with van der Waals surface area (Å²) in [6.07, 6.45) is 3.72. The zero-order valence-corrected chi connectivity index (χ0v) is 15.0. The van der Waals surface area contributed by atoms with Crippen LogP contribution in [0, 0.1) is 11.8 Å². The SMILES string of the molecule is CCC(C)C(=O)N1CCCC(C(=O)Nc2ncn(CC(=O)NC)n2)C1. The third-order valence-corrected chi connectivity index (χ3v) is 4.49. The molecular weight excluding hydrogens is 324 g/mol. The van der Waals surface area contributed by atoms with Gasteiger partial charge in [-0.15, -0.1) is 5.10 Å². The first-order chi connectivity index (χ1) is 11.9. The standard InChI is InChI=1S/C16H26N6O3/c1-4-11(2)15(25)21-7-5-6-12(8-21)14(24)19-16-18-10-22(20-16)9-13(23)17-3/h10-12H,4-9H2,1-3H3,(H,17,23)(H,19,20,24). The number of likely N-dealkylation sites (N-methyl/N-ethyl adjacent to an activating group) is 1. The number of carbonyl (C=O) groups excluding carboxylic acids is 3. The van der Waals surface area contributed by atoms with E-state index in [2.05, 4.69) is 20.7 Å². The minimum Gasteiger partial charge on any atom is -0.358 e. The van der Waals surface area contributed by atoms with E-state index < -0.39 is 0 Å². The second kappa shape index (κ2) is 8.59. The molecule has 1 aromatic rings. The van der Waals surface area contributed by atoms with Gasteiger partial charge in [0.1, 0.15) is 12.9 Å². The van der Waals surface area contributed by atoms with Crippen molar-refractivity contribution in [3.8, 4) is 0 Å². The molecule has 9 heteroatoms. The molecule has 1 aliphatic heterocycles. The molecule has 25 heavy (non-hydrogen) atoms. The molecule has 2 unspecified atom stereocenters. The lowest BCUT2D eigenvalue weighted by molar-refractivity contribution is -0.138. The summed E-state index contributed by atoms with van der Waals surface area (Å²) < 4.78 is 1.36. The van der Waals surface area contributed by atoms with Gasteiger partial charge in [0.25, 0.3) is 0 Å². The Labute approximate surface area is 147 Å². The molecular formula is C16H26N6O3. The zero-order valence-electron chi connectivity index (χ0n) is 15.0. The highest BCUT2D eigenvalue weighted by atomic mass is 16.2. The molecule has 1 aromatic heterocycles. The summed E-state index contributed by atoms with van der Waals surface area (Å²) in [5.74, 6) is -0.419. The van der Waals surface area contributed by atoms with Crippen molar-refractivity contribution in [1.29, 1.82) is 0 Å². The van der Waals surface area contributed by atoms with Gasteiger partial charge in [-0.3, -0.25) is 19.7 Å². The van der Waals surface area contributed by atoms with E-state index in [1.54, 1.807) is 4.90 Å². The Morgan fingerprint density at radius 1 is 1.40 bits per heavy atom. The second-order valence-electron chi connectivity index (χ2n) is 6.36. The number of amides is 3. The van der Waals surface area contributed by atoms with Crippen molar-refractivity contribution in [3.63, 3.8) is 0 Å². The van der Waals surface area contributed by atoms with Crippen LogP contribution < -0.4 is 10.6 Å². The zero-order chi connectivity index (χ0) is 18.4. The number of anilines is 1. The predicted molar refractivity (Wildman–Crippen MR) is 91.5 cm³/mol. The van der Waals surface area contributed by atoms with Crippen LogP contribution in [-0.4, -0.2) is 57.5 Å². The number of piperidine rings is 1. The molecule has 2 rings (SSSR count). The monoisotopic (exact) mass is 350 g/mol. The maximum atomic E-state index is 12.4. The number of nitrogens with one attached hydrogen (secondary N) is 2. The Morgan fingerprint density at radius 3 is 2.84 bits per heavy atom. The van der Waals surface area contributed by atoms with Crippen LogP contribution in [0.4, 0.5) is 5.95 Å². The normalized spacial score (nSPS) is 18.5. The minimum absolute atomic E-state index is 0.0242. The molecule has 2 heterocycles. The van der Waals surface area contributed by atoms with Crippen molar-refractivity contribution >= 4 is 23.7 Å². The Kier molecular flexibility index (Phi) is 6.49. The number of rotatable bonds is 6. The molecule has 0 aromatic carbocycles. The minimum atomic E-state index is -0.271. The molecule has 0 bridgehead atoms. The fraction of sp³-hybridized carbons (Fsp3) is 0.688. The van der Waals surface area contributed by atoms with Gasteiger partial charge in [0.15, 0.2) is 0 Å². The number of likely N-dealkylation sites (tertiary alicyclic amines) is 1. The Bertz CT molecular complexity index is 629. The first kappa shape index (κ1) is 18.9. The quantitative estimate of drug-likeness (QED) is 0.764. The number of nitrogens with zero attached hydrogens (tertiary/aromatic N) is 4. The Morgan fingerprint density at radius 2 is 2.16 bits per heavy atom. The molecule has 1 fully saturated rings. The van der Waals surface area contributed by atoms with Crippen molar-refractivity contribution in [3.05, 3.63) is 6.33 Å². The van der Waals surface area contributed by atoms with E-state index in [1.807, 2.05) is 13.8 Å². The van der Waals surface area contributed by atoms with E-state index in [9.17, 15) is 14.4 Å². The largest absolute Gasteiger partial charge is 0.358 e. The van der Waals surface area contributed by atoms with E-state index in [0.29, 0.717) is 13.1 Å². The molecule has 0 spiro atoms. The number of aromatic nitrogens is 3. The highest BCUT2D eigenvalue weighted by Crippen LogP contribution is 2.20. The molecule has 2 N–H and O–H groups in total. The Balaban J connectivity index is 1.92. The van der Waals surface area contributed by atoms with Gasteiger partial charge >= 0.3 is 0 Å². The summed E-state index contributed by atoms with van der Waals surface area (Å²) in [7, 11) is 1.54. The van der Waals surface area contributed by atoms with E-state index in [-0.39, 0.29) is 42.1 Å². The highest BCUT2D eigenvalue weighted by Gasteiger charge is 2.30. The van der Waals surface area contributed by atoms with E-state index in [1.165, 1.54) is 18.1 Å². The van der Waals surface area contributed by atoms with Crippen LogP contribution in [0.25, 0.3) is 0 Å². The molecule has 1 aliphatic rings. The van der Waals surface area contributed by atoms with Crippen molar-refractivity contribution in [2.75, 3.05) is 25.5 Å². The third-order valence-electron chi connectivity index (χ3n) is 4.49. The maximum Gasteiger partial charge on any atom is 0.248 e. The first-order valence-corrected chi connectivity index (χ1v) is 8.64. The lowest BCUT2D eigenvalue weighted by Gasteiger charge is -2.33. The lowest BCUT2D eigenvalue weighted by atomic mass is 9.95. The van der Waals surface area contributed by atoms with Crippen LogP contribution in [0.2, 0.25) is 0 Å². The summed E-state index contributed by atoms with van der Waals surface area (Å²) in [5, 5.41) is 9.23. The van der Waals surface area contributed by atoms with E-state index in [4.69, 9.17) is 0 Å². The van der Waals surface area contributed by atoms with Gasteiger partial charge in [0, 0.05) is 26.1 Å². The molecule has 0 aliphatic carbocycles. The molecule has 138 valence electrons. The number of hydrogen-bond donors (Lipinski definition) is 2. The molecule has 2 atom stereocenters. The van der Waals surface area contributed by atoms with Crippen molar-refractivity contribution in [2.24, 2.45) is 11.8 Å². The van der Waals surface area contributed by atoms with Gasteiger partial charge in [0.05, 0.1) is 5.92 Å². The summed E-state index contributed by atoms with van der Waals surface area (Å²) in [5.41, 5.74) is 0. The highest BCUT2D eigenvalue weighted by molar-refractivity contribution is 5.91. The summed E-state index contributed by atoms with van der Waals surface area (Å²) in [6, 6.07) is 0. The van der Waals surface area contributed by atoms with Gasteiger partial charge in [-0.05, 0) is 19.3 Å². The maximum absolute atomic E-state index is 12.4. The van der Waals surface area contributed by atoms with Gasteiger partial charge in [-0.25, -0.2) is 9.67 Å². The molecule has 1 saturated heterocycles. The van der Waals surface area contributed by atoms with Crippen molar-refractivity contribution in [2.45, 2.75) is 39.7 Å². The Hall–Kier alpha value is -2.45. The van der Waals surface area contributed by atoms with Crippen LogP contribution in [0.3, 0.4) is 0 Å². The smallest absolute Gasteiger partial charge is 0.248 e. The van der Waals surface area contributed by atoms with Crippen LogP contribution in [-0.2, 0) is 20.9 Å². The van der Waals surface area contributed by atoms with E-state index in [0.717, 1.165) is 19.3 Å².